The van der Waals surface area contributed by atoms with Gasteiger partial charge in [-0.25, -0.2) is 0 Å². The number of aliphatic hydroxyl groups is 4. The van der Waals surface area contributed by atoms with Gasteiger partial charge in [0.2, 0.25) is 11.2 Å². The number of aliphatic hydroxyl groups excluding tert-OH is 2. The number of non-ortho nitro benzene ring substituents is 2. The Morgan fingerprint density at radius 1 is 0.545 bits per heavy atom. The van der Waals surface area contributed by atoms with Gasteiger partial charge in [0.1, 0.15) is 0 Å². The zero-order valence-corrected chi connectivity index (χ0v) is 35.4. The Bertz CT molecular complexity index is 2460. The van der Waals surface area contributed by atoms with E-state index in [9.17, 15) is 67.0 Å². The van der Waals surface area contributed by atoms with Crippen LogP contribution in [0.5, 0.6) is 0 Å². The number of fused-ring (bicyclic) bond motifs is 2. The molecule has 0 amide bonds. The van der Waals surface area contributed by atoms with Gasteiger partial charge < -0.3 is 29.6 Å². The van der Waals surface area contributed by atoms with Crippen molar-refractivity contribution in [2.24, 2.45) is 0 Å². The molecule has 0 spiro atoms. The molecule has 4 N–H and O–H groups in total. The van der Waals surface area contributed by atoms with E-state index in [4.69, 9.17) is 0 Å². The fraction of sp³-hybridized carbons (Fsp3) is 0.391. The number of nitro benzene ring substituents is 2. The van der Waals surface area contributed by atoms with Crippen molar-refractivity contribution in [2.75, 3.05) is 39.3 Å². The second-order valence-corrected chi connectivity index (χ2v) is 17.0. The molecular weight excluding hydrogens is 879 g/mol. The molecule has 20 heteroatoms. The molecule has 4 heterocycles. The van der Waals surface area contributed by atoms with E-state index < -0.39 is 58.7 Å². The molecule has 8 rings (SSSR count). The molecule has 2 fully saturated rings. The van der Waals surface area contributed by atoms with Gasteiger partial charge in [-0.3, -0.25) is 30.0 Å². The summed E-state index contributed by atoms with van der Waals surface area (Å²) in [5.74, 6) is 0. The van der Waals surface area contributed by atoms with Crippen LogP contribution in [-0.2, 0) is 24.3 Å². The summed E-state index contributed by atoms with van der Waals surface area (Å²) in [6.07, 6.45) is -7.30. The van der Waals surface area contributed by atoms with E-state index in [1.807, 2.05) is 12.1 Å². The average Bonchev–Trinajstić information content (AvgIpc) is 3.83. The molecule has 2 aliphatic rings. The molecular formula is C46H48F6N6O8. The Hall–Kier alpha value is -5.90. The van der Waals surface area contributed by atoms with Crippen molar-refractivity contribution in [1.82, 2.24) is 18.9 Å². The molecule has 0 aliphatic carbocycles. The van der Waals surface area contributed by atoms with Crippen LogP contribution < -0.4 is 0 Å². The number of rotatable bonds is 12. The second-order valence-electron chi connectivity index (χ2n) is 17.0. The standard InChI is InChI=1S/2C23H24F3N3O4/c2*24-23(25,26)22(31,15-27-10-8-18(30)9-11-27)20-14-28(13-16-4-2-1-3-5-16)21-12-17(29(32)33)6-7-19(20)21/h2*1-7,12,14,18,30-31H,8-11,13,15H2. The Morgan fingerprint density at radius 2 is 0.879 bits per heavy atom. The zero-order valence-electron chi connectivity index (χ0n) is 35.4. The van der Waals surface area contributed by atoms with Gasteiger partial charge in [0.05, 0.1) is 33.1 Å². The molecule has 0 saturated carbocycles. The van der Waals surface area contributed by atoms with Gasteiger partial charge in [-0.05, 0) is 48.9 Å². The number of piperidine rings is 2. The fourth-order valence-corrected chi connectivity index (χ4v) is 8.73. The summed E-state index contributed by atoms with van der Waals surface area (Å²) in [6.45, 7) is -0.0945. The van der Waals surface area contributed by atoms with E-state index in [0.29, 0.717) is 25.7 Å². The minimum Gasteiger partial charge on any atom is -0.393 e. The molecule has 2 unspecified atom stereocenters. The van der Waals surface area contributed by atoms with E-state index in [1.54, 1.807) is 48.5 Å². The first-order valence-corrected chi connectivity index (χ1v) is 21.2. The molecule has 66 heavy (non-hydrogen) atoms. The predicted molar refractivity (Wildman–Crippen MR) is 232 cm³/mol. The molecule has 0 bridgehead atoms. The fourth-order valence-electron chi connectivity index (χ4n) is 8.73. The molecule has 6 aromatic rings. The minimum atomic E-state index is -4.99. The highest BCUT2D eigenvalue weighted by atomic mass is 19.4. The predicted octanol–water partition coefficient (Wildman–Crippen LogP) is 7.61. The van der Waals surface area contributed by atoms with Crippen LogP contribution in [0.4, 0.5) is 37.7 Å². The number of halogens is 6. The van der Waals surface area contributed by atoms with Gasteiger partial charge in [0.15, 0.2) is 0 Å². The summed E-state index contributed by atoms with van der Waals surface area (Å²) in [6, 6.07) is 25.3. The highest BCUT2D eigenvalue weighted by molar-refractivity contribution is 5.88. The van der Waals surface area contributed by atoms with Crippen LogP contribution in [0.15, 0.2) is 109 Å². The number of aromatic nitrogens is 2. The number of nitrogens with zero attached hydrogens (tertiary/aromatic N) is 6. The molecule has 0 radical (unpaired) electrons. The molecule has 2 aromatic heterocycles. The van der Waals surface area contributed by atoms with E-state index in [1.165, 1.54) is 55.6 Å². The van der Waals surface area contributed by atoms with Crippen molar-refractivity contribution in [3.05, 3.63) is 152 Å². The average molecular weight is 927 g/mol. The number of hydrogen-bond acceptors (Lipinski definition) is 10. The third-order valence-corrected chi connectivity index (χ3v) is 12.4. The van der Waals surface area contributed by atoms with Gasteiger partial charge in [-0.1, -0.05) is 60.7 Å². The van der Waals surface area contributed by atoms with Crippen LogP contribution in [0.25, 0.3) is 21.8 Å². The van der Waals surface area contributed by atoms with Crippen LogP contribution in [-0.4, -0.2) is 113 Å². The third-order valence-electron chi connectivity index (χ3n) is 12.4. The summed E-state index contributed by atoms with van der Waals surface area (Å²) in [4.78, 5) is 24.4. The Labute approximate surface area is 373 Å². The monoisotopic (exact) mass is 926 g/mol. The Kier molecular flexibility index (Phi) is 13.9. The molecule has 4 aromatic carbocycles. The highest BCUT2D eigenvalue weighted by Crippen LogP contribution is 2.46. The third kappa shape index (κ3) is 10.2. The number of alkyl halides is 6. The number of benzene rings is 4. The van der Waals surface area contributed by atoms with Gasteiger partial charge in [-0.2, -0.15) is 26.3 Å². The van der Waals surface area contributed by atoms with Crippen molar-refractivity contribution in [3.8, 4) is 0 Å². The topological polar surface area (TPSA) is 184 Å². The van der Waals surface area contributed by atoms with Gasteiger partial charge in [0, 0.05) is 111 Å². The Morgan fingerprint density at radius 3 is 1.18 bits per heavy atom. The summed E-state index contributed by atoms with van der Waals surface area (Å²) in [5.41, 5.74) is -5.49. The summed E-state index contributed by atoms with van der Waals surface area (Å²) in [7, 11) is 0. The maximum atomic E-state index is 14.3. The summed E-state index contributed by atoms with van der Waals surface area (Å²) < 4.78 is 89.1. The summed E-state index contributed by atoms with van der Waals surface area (Å²) in [5, 5.41) is 64.4. The van der Waals surface area contributed by atoms with Crippen LogP contribution >= 0.6 is 0 Å². The molecule has 2 aliphatic heterocycles. The molecule has 352 valence electrons. The second kappa shape index (κ2) is 19.1. The zero-order chi connectivity index (χ0) is 47.6. The van der Waals surface area contributed by atoms with Crippen molar-refractivity contribution >= 4 is 33.2 Å². The van der Waals surface area contributed by atoms with E-state index in [2.05, 4.69) is 0 Å². The summed E-state index contributed by atoms with van der Waals surface area (Å²) >= 11 is 0. The minimum absolute atomic E-state index is 0.105. The number of nitro groups is 2. The lowest BCUT2D eigenvalue weighted by molar-refractivity contribution is -0.384. The maximum absolute atomic E-state index is 14.3. The van der Waals surface area contributed by atoms with Crippen LogP contribution in [0, 0.1) is 20.2 Å². The van der Waals surface area contributed by atoms with Crippen molar-refractivity contribution in [1.29, 1.82) is 0 Å². The highest BCUT2D eigenvalue weighted by Gasteiger charge is 2.58. The quantitative estimate of drug-likeness (QED) is 0.0542. The Balaban J connectivity index is 0.000000196. The lowest BCUT2D eigenvalue weighted by Crippen LogP contribution is -2.52. The maximum Gasteiger partial charge on any atom is 0.422 e. The van der Waals surface area contributed by atoms with Crippen LogP contribution in [0.2, 0.25) is 0 Å². The molecule has 14 nitrogen and oxygen atoms in total. The van der Waals surface area contributed by atoms with E-state index >= 15 is 0 Å². The first-order chi connectivity index (χ1) is 31.2. The van der Waals surface area contributed by atoms with Crippen LogP contribution in [0.1, 0.15) is 47.9 Å². The van der Waals surface area contributed by atoms with Gasteiger partial charge in [0.25, 0.3) is 11.4 Å². The van der Waals surface area contributed by atoms with Crippen molar-refractivity contribution in [2.45, 2.75) is 74.5 Å². The smallest absolute Gasteiger partial charge is 0.393 e. The van der Waals surface area contributed by atoms with Crippen molar-refractivity contribution in [3.63, 3.8) is 0 Å². The SMILES string of the molecule is O=[N+]([O-])c1ccc2c(C(O)(CN3CCC(O)CC3)C(F)(F)F)cn(Cc3ccccc3)c2c1.O=[N+]([O-])c1ccc2c(C(O)(CN3CCC(O)CC3)C(F)(F)F)cn(Cc3ccccc3)c2c1. The van der Waals surface area contributed by atoms with Crippen molar-refractivity contribution < 1.29 is 56.6 Å². The lowest BCUT2D eigenvalue weighted by atomic mass is 9.91. The number of likely N-dealkylation sites (tertiary alicyclic amines) is 2. The van der Waals surface area contributed by atoms with E-state index in [0.717, 1.165) is 23.3 Å². The first-order valence-electron chi connectivity index (χ1n) is 21.2. The molecule has 2 atom stereocenters. The molecule has 2 saturated heterocycles. The van der Waals surface area contributed by atoms with E-state index in [-0.39, 0.29) is 83.6 Å². The number of β-amino-alcohol motifs (C(OH)–C–C–N with tert-alkyl or cyclic N) is 2. The number of hydrogen-bond donors (Lipinski definition) is 4. The van der Waals surface area contributed by atoms with Gasteiger partial charge >= 0.3 is 12.4 Å². The lowest BCUT2D eigenvalue weighted by Gasteiger charge is -2.38. The first kappa shape index (κ1) is 48.0. The largest absolute Gasteiger partial charge is 0.422 e. The van der Waals surface area contributed by atoms with Gasteiger partial charge in [-0.15, -0.1) is 0 Å². The van der Waals surface area contributed by atoms with Crippen LogP contribution in [0.3, 0.4) is 0 Å². The normalized spacial score (nSPS) is 17.8.